The van der Waals surface area contributed by atoms with Crippen molar-refractivity contribution >= 4 is 0 Å². The SMILES string of the molecule is Cn1nc2c(c1CN)CCOCC2. The van der Waals surface area contributed by atoms with Gasteiger partial charge >= 0.3 is 0 Å². The van der Waals surface area contributed by atoms with Crippen LogP contribution in [0.2, 0.25) is 0 Å². The first kappa shape index (κ1) is 8.72. The molecule has 2 rings (SSSR count). The monoisotopic (exact) mass is 181 g/mol. The molecule has 1 aromatic rings. The number of fused-ring (bicyclic) bond motifs is 1. The third-order valence-electron chi connectivity index (χ3n) is 2.53. The summed E-state index contributed by atoms with van der Waals surface area (Å²) in [6.07, 6.45) is 1.87. The standard InChI is InChI=1S/C9H15N3O/c1-12-9(6-10)7-2-4-13-5-3-8(7)11-12/h2-6,10H2,1H3. The van der Waals surface area contributed by atoms with E-state index >= 15 is 0 Å². The number of hydrogen-bond donors (Lipinski definition) is 1. The topological polar surface area (TPSA) is 53.1 Å². The molecule has 1 aromatic heterocycles. The highest BCUT2D eigenvalue weighted by molar-refractivity contribution is 5.27. The van der Waals surface area contributed by atoms with Gasteiger partial charge in [-0.25, -0.2) is 0 Å². The number of nitrogens with zero attached hydrogens (tertiary/aromatic N) is 2. The molecule has 13 heavy (non-hydrogen) atoms. The van der Waals surface area contributed by atoms with Gasteiger partial charge in [-0.15, -0.1) is 0 Å². The minimum absolute atomic E-state index is 0.568. The molecule has 0 bridgehead atoms. The van der Waals surface area contributed by atoms with Crippen LogP contribution < -0.4 is 5.73 Å². The zero-order valence-electron chi connectivity index (χ0n) is 7.92. The fraction of sp³-hybridized carbons (Fsp3) is 0.667. The lowest BCUT2D eigenvalue weighted by Gasteiger charge is -2.01. The normalized spacial score (nSPS) is 16.8. The van der Waals surface area contributed by atoms with Gasteiger partial charge in [0, 0.05) is 25.6 Å². The van der Waals surface area contributed by atoms with Gasteiger partial charge in [0.1, 0.15) is 0 Å². The minimum Gasteiger partial charge on any atom is -0.381 e. The zero-order chi connectivity index (χ0) is 9.26. The number of aryl methyl sites for hydroxylation is 1. The highest BCUT2D eigenvalue weighted by atomic mass is 16.5. The van der Waals surface area contributed by atoms with Crippen LogP contribution in [-0.2, 0) is 31.2 Å². The lowest BCUT2D eigenvalue weighted by molar-refractivity contribution is 0.145. The summed E-state index contributed by atoms with van der Waals surface area (Å²) in [5, 5.41) is 4.44. The van der Waals surface area contributed by atoms with Gasteiger partial charge in [0.05, 0.1) is 24.6 Å². The van der Waals surface area contributed by atoms with Crippen LogP contribution in [0.3, 0.4) is 0 Å². The fourth-order valence-electron chi connectivity index (χ4n) is 1.85. The van der Waals surface area contributed by atoms with E-state index in [9.17, 15) is 0 Å². The van der Waals surface area contributed by atoms with E-state index in [0.717, 1.165) is 31.7 Å². The first-order chi connectivity index (χ1) is 6.33. The molecule has 72 valence electrons. The number of hydrogen-bond acceptors (Lipinski definition) is 3. The van der Waals surface area contributed by atoms with Crippen molar-refractivity contribution in [1.29, 1.82) is 0 Å². The molecular formula is C9H15N3O. The van der Waals surface area contributed by atoms with Crippen LogP contribution in [0.5, 0.6) is 0 Å². The van der Waals surface area contributed by atoms with E-state index in [4.69, 9.17) is 10.5 Å². The molecule has 0 aromatic carbocycles. The van der Waals surface area contributed by atoms with Gasteiger partial charge in [0.15, 0.2) is 0 Å². The molecule has 0 unspecified atom stereocenters. The Labute approximate surface area is 77.7 Å². The molecule has 0 saturated carbocycles. The Morgan fingerprint density at radius 3 is 3.00 bits per heavy atom. The lowest BCUT2D eigenvalue weighted by atomic mass is 10.1. The van der Waals surface area contributed by atoms with Gasteiger partial charge in [-0.1, -0.05) is 0 Å². The molecule has 4 nitrogen and oxygen atoms in total. The summed E-state index contributed by atoms with van der Waals surface area (Å²) >= 11 is 0. The van der Waals surface area contributed by atoms with Crippen molar-refractivity contribution in [2.75, 3.05) is 13.2 Å². The van der Waals surface area contributed by atoms with Crippen LogP contribution in [0.15, 0.2) is 0 Å². The first-order valence-corrected chi connectivity index (χ1v) is 4.64. The molecule has 2 heterocycles. The van der Waals surface area contributed by atoms with Gasteiger partial charge in [0.2, 0.25) is 0 Å². The van der Waals surface area contributed by atoms with Gasteiger partial charge in [0.25, 0.3) is 0 Å². The maximum atomic E-state index is 5.67. The van der Waals surface area contributed by atoms with Crippen molar-refractivity contribution in [2.24, 2.45) is 12.8 Å². The van der Waals surface area contributed by atoms with E-state index < -0.39 is 0 Å². The van der Waals surface area contributed by atoms with Crippen LogP contribution >= 0.6 is 0 Å². The molecule has 0 fully saturated rings. The summed E-state index contributed by atoms with van der Waals surface area (Å²) in [6.45, 7) is 2.15. The van der Waals surface area contributed by atoms with Crippen molar-refractivity contribution in [3.8, 4) is 0 Å². The summed E-state index contributed by atoms with van der Waals surface area (Å²) in [7, 11) is 1.96. The second-order valence-electron chi connectivity index (χ2n) is 3.31. The summed E-state index contributed by atoms with van der Waals surface area (Å²) in [5.41, 5.74) is 9.30. The van der Waals surface area contributed by atoms with Gasteiger partial charge in [-0.05, 0) is 6.42 Å². The van der Waals surface area contributed by atoms with Crippen molar-refractivity contribution < 1.29 is 4.74 Å². The first-order valence-electron chi connectivity index (χ1n) is 4.64. The smallest absolute Gasteiger partial charge is 0.0683 e. The Bertz CT molecular complexity index is 306. The van der Waals surface area contributed by atoms with Crippen molar-refractivity contribution in [3.05, 3.63) is 17.0 Å². The predicted octanol–water partition coefficient (Wildman–Crippen LogP) is -0.00600. The maximum Gasteiger partial charge on any atom is 0.0683 e. The highest BCUT2D eigenvalue weighted by Gasteiger charge is 2.16. The van der Waals surface area contributed by atoms with Crippen LogP contribution in [0.1, 0.15) is 17.0 Å². The molecule has 0 saturated heterocycles. The number of rotatable bonds is 1. The summed E-state index contributed by atoms with van der Waals surface area (Å²) in [5.74, 6) is 0. The van der Waals surface area contributed by atoms with Gasteiger partial charge in [-0.3, -0.25) is 4.68 Å². The van der Waals surface area contributed by atoms with Crippen molar-refractivity contribution in [1.82, 2.24) is 9.78 Å². The van der Waals surface area contributed by atoms with Crippen LogP contribution in [0.25, 0.3) is 0 Å². The van der Waals surface area contributed by atoms with E-state index in [1.807, 2.05) is 11.7 Å². The van der Waals surface area contributed by atoms with Crippen molar-refractivity contribution in [3.63, 3.8) is 0 Å². The molecular weight excluding hydrogens is 166 g/mol. The summed E-state index contributed by atoms with van der Waals surface area (Å²) in [4.78, 5) is 0. The Kier molecular flexibility index (Phi) is 2.33. The summed E-state index contributed by atoms with van der Waals surface area (Å²) in [6, 6.07) is 0. The third kappa shape index (κ3) is 1.47. The second kappa shape index (κ2) is 3.47. The minimum atomic E-state index is 0.568. The van der Waals surface area contributed by atoms with Crippen molar-refractivity contribution in [2.45, 2.75) is 19.4 Å². The zero-order valence-corrected chi connectivity index (χ0v) is 7.92. The molecule has 0 atom stereocenters. The maximum absolute atomic E-state index is 5.67. The summed E-state index contributed by atoms with van der Waals surface area (Å²) < 4.78 is 7.28. The highest BCUT2D eigenvalue weighted by Crippen LogP contribution is 2.17. The van der Waals surface area contributed by atoms with Crippen LogP contribution in [0, 0.1) is 0 Å². The molecule has 0 amide bonds. The quantitative estimate of drug-likeness (QED) is 0.663. The lowest BCUT2D eigenvalue weighted by Crippen LogP contribution is -2.08. The van der Waals surface area contributed by atoms with E-state index in [0.29, 0.717) is 6.54 Å². The average Bonchev–Trinajstić information content (AvgIpc) is 2.32. The number of nitrogens with two attached hydrogens (primary N) is 1. The Morgan fingerprint density at radius 1 is 1.46 bits per heavy atom. The number of ether oxygens (including phenoxy) is 1. The van der Waals surface area contributed by atoms with Gasteiger partial charge < -0.3 is 10.5 Å². The Hall–Kier alpha value is -0.870. The molecule has 4 heteroatoms. The Morgan fingerprint density at radius 2 is 2.23 bits per heavy atom. The molecule has 0 radical (unpaired) electrons. The number of aromatic nitrogens is 2. The van der Waals surface area contributed by atoms with E-state index in [-0.39, 0.29) is 0 Å². The van der Waals surface area contributed by atoms with Crippen LogP contribution in [-0.4, -0.2) is 23.0 Å². The molecule has 0 spiro atoms. The second-order valence-corrected chi connectivity index (χ2v) is 3.31. The fourth-order valence-corrected chi connectivity index (χ4v) is 1.85. The van der Waals surface area contributed by atoms with E-state index in [1.54, 1.807) is 0 Å². The van der Waals surface area contributed by atoms with E-state index in [1.165, 1.54) is 11.3 Å². The third-order valence-corrected chi connectivity index (χ3v) is 2.53. The molecule has 0 aliphatic carbocycles. The van der Waals surface area contributed by atoms with Gasteiger partial charge in [-0.2, -0.15) is 5.10 Å². The molecule has 1 aliphatic heterocycles. The largest absolute Gasteiger partial charge is 0.381 e. The molecule has 2 N–H and O–H groups in total. The Balaban J connectivity index is 2.41. The van der Waals surface area contributed by atoms with Crippen LogP contribution in [0.4, 0.5) is 0 Å². The molecule has 1 aliphatic rings. The van der Waals surface area contributed by atoms with E-state index in [2.05, 4.69) is 5.10 Å². The predicted molar refractivity (Wildman–Crippen MR) is 49.3 cm³/mol. The average molecular weight is 181 g/mol.